The van der Waals surface area contributed by atoms with Crippen LogP contribution in [0.25, 0.3) is 0 Å². The van der Waals surface area contributed by atoms with Crippen molar-refractivity contribution in [1.29, 1.82) is 0 Å². The smallest absolute Gasteiger partial charge is 0.338 e. The molecule has 1 unspecified atom stereocenters. The molecular formula is C23H28N2O5S. The predicted octanol–water partition coefficient (Wildman–Crippen LogP) is 3.78. The van der Waals surface area contributed by atoms with Crippen molar-refractivity contribution in [2.75, 3.05) is 18.4 Å². The van der Waals surface area contributed by atoms with Crippen molar-refractivity contribution in [3.05, 3.63) is 59.7 Å². The van der Waals surface area contributed by atoms with Gasteiger partial charge in [-0.05, 0) is 67.6 Å². The Morgan fingerprint density at radius 3 is 2.06 bits per heavy atom. The van der Waals surface area contributed by atoms with Crippen LogP contribution >= 0.6 is 0 Å². The molecule has 1 atom stereocenters. The summed E-state index contributed by atoms with van der Waals surface area (Å²) in [5.41, 5.74) is 1.96. The summed E-state index contributed by atoms with van der Waals surface area (Å²) < 4.78 is 31.8. The molecule has 8 heteroatoms. The Morgan fingerprint density at radius 1 is 0.935 bits per heavy atom. The van der Waals surface area contributed by atoms with Crippen LogP contribution in [0.2, 0.25) is 0 Å². The highest BCUT2D eigenvalue weighted by Gasteiger charge is 2.27. The van der Waals surface area contributed by atoms with E-state index in [1.165, 1.54) is 35.5 Å². The molecule has 0 aliphatic carbocycles. The number of nitrogens with one attached hydrogen (secondary N) is 1. The highest BCUT2D eigenvalue weighted by Crippen LogP contribution is 2.21. The van der Waals surface area contributed by atoms with Gasteiger partial charge in [0.15, 0.2) is 6.10 Å². The number of esters is 1. The molecule has 0 spiro atoms. The lowest BCUT2D eigenvalue weighted by molar-refractivity contribution is -0.123. The number of anilines is 1. The highest BCUT2D eigenvalue weighted by atomic mass is 32.2. The maximum atomic E-state index is 12.6. The minimum absolute atomic E-state index is 0.140. The second-order valence-electron chi connectivity index (χ2n) is 7.95. The van der Waals surface area contributed by atoms with Crippen LogP contribution in [0.5, 0.6) is 0 Å². The first-order valence-corrected chi connectivity index (χ1v) is 11.8. The molecule has 7 nitrogen and oxygen atoms in total. The Bertz CT molecular complexity index is 1020. The van der Waals surface area contributed by atoms with Gasteiger partial charge in [-0.25, -0.2) is 13.2 Å². The average Bonchev–Trinajstić information content (AvgIpc) is 3.30. The SMILES string of the molecule is CC(OC(=O)c1ccc(S(=O)(=O)N2CCCC2)cc1)C(=O)Nc1ccc(C(C)C)cc1. The molecule has 0 aromatic heterocycles. The molecule has 1 saturated heterocycles. The quantitative estimate of drug-likeness (QED) is 0.656. The zero-order valence-electron chi connectivity index (χ0n) is 18.0. The maximum absolute atomic E-state index is 12.6. The standard InChI is InChI=1S/C23H28N2O5S/c1-16(2)18-6-10-20(11-7-18)24-22(26)17(3)30-23(27)19-8-12-21(13-9-19)31(28,29)25-14-4-5-15-25/h6-13,16-17H,4-5,14-15H2,1-3H3,(H,24,26). The average molecular weight is 445 g/mol. The first kappa shape index (κ1) is 23.0. The van der Waals surface area contributed by atoms with Crippen molar-refractivity contribution in [3.8, 4) is 0 Å². The number of nitrogens with zero attached hydrogens (tertiary/aromatic N) is 1. The molecular weight excluding hydrogens is 416 g/mol. The molecule has 166 valence electrons. The van der Waals surface area contributed by atoms with Crippen LogP contribution in [0.3, 0.4) is 0 Å². The molecule has 1 aliphatic heterocycles. The number of rotatable bonds is 7. The monoisotopic (exact) mass is 444 g/mol. The van der Waals surface area contributed by atoms with Gasteiger partial charge in [-0.2, -0.15) is 4.31 Å². The van der Waals surface area contributed by atoms with Gasteiger partial charge in [-0.15, -0.1) is 0 Å². The van der Waals surface area contributed by atoms with Crippen LogP contribution in [0.1, 0.15) is 55.5 Å². The van der Waals surface area contributed by atoms with Crippen LogP contribution < -0.4 is 5.32 Å². The molecule has 1 N–H and O–H groups in total. The molecule has 1 amide bonds. The normalized spacial score (nSPS) is 15.6. The minimum Gasteiger partial charge on any atom is -0.449 e. The number of benzene rings is 2. The van der Waals surface area contributed by atoms with Crippen molar-refractivity contribution < 1.29 is 22.7 Å². The van der Waals surface area contributed by atoms with Gasteiger partial charge < -0.3 is 10.1 Å². The maximum Gasteiger partial charge on any atom is 0.338 e. The number of sulfonamides is 1. The largest absolute Gasteiger partial charge is 0.449 e. The fraction of sp³-hybridized carbons (Fsp3) is 0.391. The molecule has 2 aromatic rings. The lowest BCUT2D eigenvalue weighted by Crippen LogP contribution is -2.30. The van der Waals surface area contributed by atoms with Crippen molar-refractivity contribution in [3.63, 3.8) is 0 Å². The number of hydrogen-bond donors (Lipinski definition) is 1. The molecule has 0 bridgehead atoms. The van der Waals surface area contributed by atoms with E-state index >= 15 is 0 Å². The summed E-state index contributed by atoms with van der Waals surface area (Å²) in [4.78, 5) is 24.9. The van der Waals surface area contributed by atoms with Crippen molar-refractivity contribution >= 4 is 27.6 Å². The second kappa shape index (κ2) is 9.62. The van der Waals surface area contributed by atoms with Crippen LogP contribution in [0, 0.1) is 0 Å². The summed E-state index contributed by atoms with van der Waals surface area (Å²) in [6.45, 7) is 6.69. The Morgan fingerprint density at radius 2 is 1.52 bits per heavy atom. The third-order valence-electron chi connectivity index (χ3n) is 5.29. The fourth-order valence-electron chi connectivity index (χ4n) is 3.32. The summed E-state index contributed by atoms with van der Waals surface area (Å²) in [7, 11) is -3.54. The number of carbonyl (C=O) groups is 2. The van der Waals surface area contributed by atoms with Gasteiger partial charge in [0.2, 0.25) is 10.0 Å². The highest BCUT2D eigenvalue weighted by molar-refractivity contribution is 7.89. The van der Waals surface area contributed by atoms with E-state index in [0.29, 0.717) is 24.7 Å². The van der Waals surface area contributed by atoms with Crippen LogP contribution in [0.4, 0.5) is 5.69 Å². The van der Waals surface area contributed by atoms with E-state index in [9.17, 15) is 18.0 Å². The van der Waals surface area contributed by atoms with E-state index < -0.39 is 28.0 Å². The van der Waals surface area contributed by atoms with Gasteiger partial charge in [0, 0.05) is 18.8 Å². The topological polar surface area (TPSA) is 92.8 Å². The lowest BCUT2D eigenvalue weighted by atomic mass is 10.0. The van der Waals surface area contributed by atoms with E-state index in [1.54, 1.807) is 12.1 Å². The van der Waals surface area contributed by atoms with Crippen LogP contribution in [-0.4, -0.2) is 43.8 Å². The summed E-state index contributed by atoms with van der Waals surface area (Å²) in [5, 5.41) is 2.72. The number of hydrogen-bond acceptors (Lipinski definition) is 5. The zero-order chi connectivity index (χ0) is 22.6. The third-order valence-corrected chi connectivity index (χ3v) is 7.20. The van der Waals surface area contributed by atoms with Crippen LogP contribution in [-0.2, 0) is 19.6 Å². The van der Waals surface area contributed by atoms with Crippen LogP contribution in [0.15, 0.2) is 53.4 Å². The van der Waals surface area contributed by atoms with Crippen molar-refractivity contribution in [2.45, 2.75) is 50.5 Å². The Kier molecular flexibility index (Phi) is 7.12. The van der Waals surface area contributed by atoms with E-state index in [0.717, 1.165) is 18.4 Å². The molecule has 1 aliphatic rings. The minimum atomic E-state index is -3.54. The fourth-order valence-corrected chi connectivity index (χ4v) is 4.83. The first-order valence-electron chi connectivity index (χ1n) is 10.4. The van der Waals surface area contributed by atoms with Crippen molar-refractivity contribution in [2.24, 2.45) is 0 Å². The van der Waals surface area contributed by atoms with E-state index in [2.05, 4.69) is 19.2 Å². The third kappa shape index (κ3) is 5.51. The predicted molar refractivity (Wildman–Crippen MR) is 118 cm³/mol. The molecule has 1 heterocycles. The molecule has 3 rings (SSSR count). The summed E-state index contributed by atoms with van der Waals surface area (Å²) in [5.74, 6) is -0.747. The van der Waals surface area contributed by atoms with E-state index in [-0.39, 0.29) is 10.5 Å². The van der Waals surface area contributed by atoms with Gasteiger partial charge >= 0.3 is 5.97 Å². The number of ether oxygens (including phenoxy) is 1. The van der Waals surface area contributed by atoms with Gasteiger partial charge in [0.05, 0.1) is 10.5 Å². The van der Waals surface area contributed by atoms with E-state index in [1.807, 2.05) is 12.1 Å². The first-order chi connectivity index (χ1) is 14.7. The summed E-state index contributed by atoms with van der Waals surface area (Å²) >= 11 is 0. The van der Waals surface area contributed by atoms with Gasteiger partial charge in [-0.1, -0.05) is 26.0 Å². The van der Waals surface area contributed by atoms with Gasteiger partial charge in [0.25, 0.3) is 5.91 Å². The molecule has 0 radical (unpaired) electrons. The number of carbonyl (C=O) groups excluding carboxylic acids is 2. The summed E-state index contributed by atoms with van der Waals surface area (Å²) in [6.07, 6.45) is 0.696. The summed E-state index contributed by atoms with van der Waals surface area (Å²) in [6, 6.07) is 13.1. The Labute approximate surface area is 183 Å². The second-order valence-corrected chi connectivity index (χ2v) is 9.89. The van der Waals surface area contributed by atoms with E-state index in [4.69, 9.17) is 4.74 Å². The molecule has 31 heavy (non-hydrogen) atoms. The molecule has 0 saturated carbocycles. The number of amides is 1. The van der Waals surface area contributed by atoms with Crippen molar-refractivity contribution in [1.82, 2.24) is 4.31 Å². The van der Waals surface area contributed by atoms with Gasteiger partial charge in [0.1, 0.15) is 0 Å². The van der Waals surface area contributed by atoms with Gasteiger partial charge in [-0.3, -0.25) is 4.79 Å². The molecule has 2 aromatic carbocycles. The molecule has 1 fully saturated rings. The Balaban J connectivity index is 1.59. The Hall–Kier alpha value is -2.71. The lowest BCUT2D eigenvalue weighted by Gasteiger charge is -2.16. The zero-order valence-corrected chi connectivity index (χ0v) is 18.8.